The Hall–Kier alpha value is -2.10. The van der Waals surface area contributed by atoms with Gasteiger partial charge in [-0.1, -0.05) is 0 Å². The molecule has 0 heterocycles. The van der Waals surface area contributed by atoms with Crippen LogP contribution in [0.4, 0.5) is 0 Å². The molecule has 94 valence electrons. The van der Waals surface area contributed by atoms with Crippen molar-refractivity contribution in [2.75, 3.05) is 19.7 Å². The number of amides is 2. The van der Waals surface area contributed by atoms with Crippen molar-refractivity contribution in [3.8, 4) is 6.07 Å². The quantitative estimate of drug-likeness (QED) is 0.271. The average molecular weight is 241 g/mol. The average Bonchev–Trinajstić information content (AvgIpc) is 2.31. The van der Waals surface area contributed by atoms with Crippen LogP contribution < -0.4 is 10.6 Å². The maximum absolute atomic E-state index is 11.1. The number of carbonyl (C=O) groups excluding carboxylic acids is 3. The van der Waals surface area contributed by atoms with Crippen molar-refractivity contribution in [1.29, 1.82) is 5.26 Å². The molecule has 2 N–H and O–H groups in total. The van der Waals surface area contributed by atoms with E-state index in [0.29, 0.717) is 13.0 Å². The zero-order valence-corrected chi connectivity index (χ0v) is 9.62. The Morgan fingerprint density at radius 3 is 2.47 bits per heavy atom. The first-order valence-corrected chi connectivity index (χ1v) is 5.20. The first-order chi connectivity index (χ1) is 8.11. The third-order valence-electron chi connectivity index (χ3n) is 1.68. The summed E-state index contributed by atoms with van der Waals surface area (Å²) in [5, 5.41) is 12.6. The second kappa shape index (κ2) is 9.15. The number of ether oxygens (including phenoxy) is 1. The molecule has 0 aromatic heterocycles. The van der Waals surface area contributed by atoms with Crippen molar-refractivity contribution >= 4 is 17.8 Å². The molecule has 0 saturated carbocycles. The molecular formula is C10H15N3O4. The third kappa shape index (κ3) is 7.79. The molecule has 0 radical (unpaired) electrons. The van der Waals surface area contributed by atoms with Gasteiger partial charge in [0.25, 0.3) is 0 Å². The molecule has 2 amide bonds. The zero-order valence-electron chi connectivity index (χ0n) is 9.62. The van der Waals surface area contributed by atoms with Crippen LogP contribution in [0.1, 0.15) is 19.8 Å². The maximum Gasteiger partial charge on any atom is 0.310 e. The van der Waals surface area contributed by atoms with Gasteiger partial charge in [-0.15, -0.1) is 0 Å². The molecule has 17 heavy (non-hydrogen) atoms. The maximum atomic E-state index is 11.1. The van der Waals surface area contributed by atoms with Crippen LogP contribution in [0, 0.1) is 11.3 Å². The van der Waals surface area contributed by atoms with Gasteiger partial charge in [-0.05, 0) is 13.3 Å². The summed E-state index contributed by atoms with van der Waals surface area (Å²) < 4.78 is 4.68. The zero-order chi connectivity index (χ0) is 13.1. The van der Waals surface area contributed by atoms with Gasteiger partial charge in [0, 0.05) is 13.0 Å². The lowest BCUT2D eigenvalue weighted by atomic mass is 10.3. The largest absolute Gasteiger partial charge is 0.466 e. The highest BCUT2D eigenvalue weighted by atomic mass is 16.5. The number of nitrogens with zero attached hydrogens (tertiary/aromatic N) is 1. The Balaban J connectivity index is 3.61. The lowest BCUT2D eigenvalue weighted by molar-refractivity contribution is -0.143. The number of carbonyl (C=O) groups is 3. The number of rotatable bonds is 6. The van der Waals surface area contributed by atoms with Gasteiger partial charge >= 0.3 is 17.8 Å². The lowest BCUT2D eigenvalue weighted by Crippen LogP contribution is -2.40. The van der Waals surface area contributed by atoms with E-state index in [1.54, 1.807) is 13.0 Å². The predicted octanol–water partition coefficient (Wildman–Crippen LogP) is -0.914. The summed E-state index contributed by atoms with van der Waals surface area (Å²) in [6, 6.07) is 1.68. The first-order valence-electron chi connectivity index (χ1n) is 5.20. The topological polar surface area (TPSA) is 108 Å². The molecule has 0 aliphatic rings. The predicted molar refractivity (Wildman–Crippen MR) is 57.5 cm³/mol. The standard InChI is InChI=1S/C10H15N3O4/c1-2-17-8(14)4-3-6-12-9(15)10(16)13-7-5-11/h2-4,6-7H2,1H3,(H,12,15)(H,13,16). The molecule has 7 nitrogen and oxygen atoms in total. The molecule has 0 aromatic carbocycles. The second-order valence-corrected chi connectivity index (χ2v) is 3.01. The van der Waals surface area contributed by atoms with Crippen LogP contribution in [0.3, 0.4) is 0 Å². The fourth-order valence-electron chi connectivity index (χ4n) is 0.948. The third-order valence-corrected chi connectivity index (χ3v) is 1.68. The minimum atomic E-state index is -0.859. The summed E-state index contributed by atoms with van der Waals surface area (Å²) in [6.45, 7) is 2.02. The Morgan fingerprint density at radius 1 is 1.24 bits per heavy atom. The summed E-state index contributed by atoms with van der Waals surface area (Å²) in [5.41, 5.74) is 0. The summed E-state index contributed by atoms with van der Waals surface area (Å²) in [5.74, 6) is -2.01. The minimum Gasteiger partial charge on any atom is -0.466 e. The number of nitrogens with one attached hydrogen (secondary N) is 2. The van der Waals surface area contributed by atoms with E-state index in [-0.39, 0.29) is 25.5 Å². The van der Waals surface area contributed by atoms with E-state index in [1.807, 2.05) is 0 Å². The molecule has 0 saturated heterocycles. The Labute approximate surface area is 99.1 Å². The van der Waals surface area contributed by atoms with Crippen molar-refractivity contribution in [2.24, 2.45) is 0 Å². The summed E-state index contributed by atoms with van der Waals surface area (Å²) in [4.78, 5) is 32.9. The Kier molecular flexibility index (Phi) is 8.02. The highest BCUT2D eigenvalue weighted by molar-refractivity contribution is 6.35. The van der Waals surface area contributed by atoms with E-state index in [1.165, 1.54) is 0 Å². The van der Waals surface area contributed by atoms with Crippen molar-refractivity contribution < 1.29 is 19.1 Å². The van der Waals surface area contributed by atoms with E-state index in [0.717, 1.165) is 0 Å². The number of esters is 1. The van der Waals surface area contributed by atoms with Crippen molar-refractivity contribution in [1.82, 2.24) is 10.6 Å². The van der Waals surface area contributed by atoms with Gasteiger partial charge in [0.15, 0.2) is 0 Å². The molecule has 0 fully saturated rings. The molecule has 0 aromatic rings. The normalized spacial score (nSPS) is 8.94. The van der Waals surface area contributed by atoms with Gasteiger partial charge in [-0.3, -0.25) is 14.4 Å². The first kappa shape index (κ1) is 14.9. The van der Waals surface area contributed by atoms with Crippen LogP contribution in [-0.4, -0.2) is 37.5 Å². The summed E-state index contributed by atoms with van der Waals surface area (Å²) in [6.07, 6.45) is 0.587. The molecule has 7 heteroatoms. The summed E-state index contributed by atoms with van der Waals surface area (Å²) >= 11 is 0. The van der Waals surface area contributed by atoms with Gasteiger partial charge in [0.2, 0.25) is 0 Å². The fraction of sp³-hybridized carbons (Fsp3) is 0.600. The van der Waals surface area contributed by atoms with Crippen molar-refractivity contribution in [3.05, 3.63) is 0 Å². The lowest BCUT2D eigenvalue weighted by Gasteiger charge is -2.04. The SMILES string of the molecule is CCOC(=O)CCCNC(=O)C(=O)NCC#N. The van der Waals surface area contributed by atoms with Gasteiger partial charge in [0.05, 0.1) is 12.7 Å². The highest BCUT2D eigenvalue weighted by Gasteiger charge is 2.11. The number of hydrogen-bond donors (Lipinski definition) is 2. The fourth-order valence-corrected chi connectivity index (χ4v) is 0.948. The van der Waals surface area contributed by atoms with Crippen LogP contribution in [-0.2, 0) is 19.1 Å². The van der Waals surface area contributed by atoms with Gasteiger partial charge < -0.3 is 15.4 Å². The molecule has 0 spiro atoms. The van der Waals surface area contributed by atoms with Crippen LogP contribution in [0.2, 0.25) is 0 Å². The van der Waals surface area contributed by atoms with E-state index in [4.69, 9.17) is 5.26 Å². The van der Waals surface area contributed by atoms with Crippen LogP contribution in [0.15, 0.2) is 0 Å². The van der Waals surface area contributed by atoms with Crippen LogP contribution >= 0.6 is 0 Å². The number of nitriles is 1. The molecule has 0 aliphatic carbocycles. The van der Waals surface area contributed by atoms with E-state index < -0.39 is 11.8 Å². The highest BCUT2D eigenvalue weighted by Crippen LogP contribution is 1.91. The smallest absolute Gasteiger partial charge is 0.310 e. The summed E-state index contributed by atoms with van der Waals surface area (Å²) in [7, 11) is 0. The van der Waals surface area contributed by atoms with Gasteiger partial charge in [-0.25, -0.2) is 0 Å². The van der Waals surface area contributed by atoms with Gasteiger partial charge in [-0.2, -0.15) is 5.26 Å². The Bertz CT molecular complexity index is 322. The molecular weight excluding hydrogens is 226 g/mol. The minimum absolute atomic E-state index is 0.188. The van der Waals surface area contributed by atoms with E-state index >= 15 is 0 Å². The van der Waals surface area contributed by atoms with E-state index in [9.17, 15) is 14.4 Å². The monoisotopic (exact) mass is 241 g/mol. The molecule has 0 bridgehead atoms. The Morgan fingerprint density at radius 2 is 1.88 bits per heavy atom. The van der Waals surface area contributed by atoms with Crippen molar-refractivity contribution in [3.63, 3.8) is 0 Å². The molecule has 0 unspecified atom stereocenters. The van der Waals surface area contributed by atoms with E-state index in [2.05, 4.69) is 15.4 Å². The van der Waals surface area contributed by atoms with Crippen LogP contribution in [0.25, 0.3) is 0 Å². The molecule has 0 aliphatic heterocycles. The van der Waals surface area contributed by atoms with Crippen molar-refractivity contribution in [2.45, 2.75) is 19.8 Å². The van der Waals surface area contributed by atoms with Gasteiger partial charge in [0.1, 0.15) is 6.54 Å². The molecule has 0 rings (SSSR count). The second-order valence-electron chi connectivity index (χ2n) is 3.01. The van der Waals surface area contributed by atoms with Crippen LogP contribution in [0.5, 0.6) is 0 Å². The number of hydrogen-bond acceptors (Lipinski definition) is 5. The molecule has 0 atom stereocenters.